The Morgan fingerprint density at radius 1 is 0.167 bits per heavy atom. The zero-order valence-corrected chi connectivity index (χ0v) is 35.9. The van der Waals surface area contributed by atoms with E-state index in [0.717, 1.165) is 0 Å². The zero-order chi connectivity index (χ0) is 43.0. The van der Waals surface area contributed by atoms with Gasteiger partial charge >= 0.3 is 0 Å². The third-order valence-electron chi connectivity index (χ3n) is 14.9. The molecule has 0 N–H and O–H groups in total. The van der Waals surface area contributed by atoms with Crippen LogP contribution in [0.4, 0.5) is 0 Å². The van der Waals surface area contributed by atoms with Crippen LogP contribution in [0.3, 0.4) is 0 Å². The first-order valence-corrected chi connectivity index (χ1v) is 23.1. The highest BCUT2D eigenvalue weighted by molar-refractivity contribution is 6.40. The summed E-state index contributed by atoms with van der Waals surface area (Å²) in [6.45, 7) is 0. The summed E-state index contributed by atoms with van der Waals surface area (Å²) in [5.74, 6) is 0. The lowest BCUT2D eigenvalue weighted by molar-refractivity contribution is 1.64. The van der Waals surface area contributed by atoms with E-state index in [-0.39, 0.29) is 0 Å². The number of rotatable bonds is 4. The van der Waals surface area contributed by atoms with Crippen molar-refractivity contribution in [3.63, 3.8) is 0 Å². The molecular formula is C66H38. The van der Waals surface area contributed by atoms with Crippen LogP contribution >= 0.6 is 0 Å². The summed E-state index contributed by atoms with van der Waals surface area (Å²) in [4.78, 5) is 0. The van der Waals surface area contributed by atoms with Gasteiger partial charge in [0.15, 0.2) is 0 Å². The smallest absolute Gasteiger partial charge is 0.000741 e. The fourth-order valence-electron chi connectivity index (χ4n) is 12.1. The quantitative estimate of drug-likeness (QED) is 0.122. The van der Waals surface area contributed by atoms with Crippen molar-refractivity contribution in [2.24, 2.45) is 0 Å². The molecule has 1 aliphatic rings. The molecule has 0 heteroatoms. The van der Waals surface area contributed by atoms with Crippen molar-refractivity contribution < 1.29 is 0 Å². The first-order chi connectivity index (χ1) is 32.8. The minimum absolute atomic E-state index is 1.21. The van der Waals surface area contributed by atoms with Crippen LogP contribution < -0.4 is 0 Å². The minimum atomic E-state index is 1.21. The second-order valence-electron chi connectivity index (χ2n) is 18.2. The predicted molar refractivity (Wildman–Crippen MR) is 284 cm³/mol. The summed E-state index contributed by atoms with van der Waals surface area (Å²) < 4.78 is 0. The van der Waals surface area contributed by atoms with Gasteiger partial charge in [-0.2, -0.15) is 0 Å². The zero-order valence-electron chi connectivity index (χ0n) is 35.9. The van der Waals surface area contributed by atoms with Gasteiger partial charge in [-0.3, -0.25) is 0 Å². The van der Waals surface area contributed by atoms with Crippen molar-refractivity contribution in [1.29, 1.82) is 0 Å². The fourth-order valence-corrected chi connectivity index (χ4v) is 12.1. The van der Waals surface area contributed by atoms with Crippen molar-refractivity contribution in [1.82, 2.24) is 0 Å². The molecule has 14 aromatic carbocycles. The lowest BCUT2D eigenvalue weighted by Gasteiger charge is -2.23. The molecule has 66 heavy (non-hydrogen) atoms. The third-order valence-corrected chi connectivity index (χ3v) is 14.9. The van der Waals surface area contributed by atoms with Crippen LogP contribution in [0.25, 0.3) is 153 Å². The molecule has 0 aromatic heterocycles. The maximum absolute atomic E-state index is 2.56. The molecule has 0 fully saturated rings. The Labute approximate surface area is 381 Å². The van der Waals surface area contributed by atoms with Crippen molar-refractivity contribution in [3.8, 4) is 66.8 Å². The molecule has 0 aliphatic heterocycles. The average molecular weight is 831 g/mol. The average Bonchev–Trinajstić information content (AvgIpc) is 3.71. The van der Waals surface area contributed by atoms with Gasteiger partial charge in [0.25, 0.3) is 0 Å². The normalized spacial score (nSPS) is 12.2. The monoisotopic (exact) mass is 830 g/mol. The molecule has 0 bridgehead atoms. The highest BCUT2D eigenvalue weighted by Gasteiger charge is 2.29. The van der Waals surface area contributed by atoms with Gasteiger partial charge in [-0.05, 0) is 177 Å². The molecular weight excluding hydrogens is 793 g/mol. The van der Waals surface area contributed by atoms with Crippen LogP contribution in [0.5, 0.6) is 0 Å². The lowest BCUT2D eigenvalue weighted by atomic mass is 9.79. The standard InChI is InChI=1S/C66H38/c1-5-15-39(16-6-1)44-27-29-46-47-30-28-45(40-17-7-2-8-18-40)36-57(47)66-62(43-21-11-4-12-22-43)59-38-55-53-34-32-51-49-26-14-24-41-23-13-25-48(60(41)49)50-31-33-52(64(53)63(50)51)54(55)37-58(59)61(65(66)56(46)35-44)42-19-9-3-10-20-42/h1-38H. The first-order valence-electron chi connectivity index (χ1n) is 23.1. The van der Waals surface area contributed by atoms with Crippen molar-refractivity contribution in [2.75, 3.05) is 0 Å². The van der Waals surface area contributed by atoms with Crippen molar-refractivity contribution in [3.05, 3.63) is 231 Å². The second-order valence-corrected chi connectivity index (χ2v) is 18.2. The molecule has 0 atom stereocenters. The summed E-state index contributed by atoms with van der Waals surface area (Å²) >= 11 is 0. The number of benzene rings is 14. The SMILES string of the molecule is c1ccc(-c2ccc3c4ccc(-c5ccccc5)cc4c4c(-c5ccccc5)c5cc6c(cc5c(-c5ccccc5)c4c3c2)-c2ccc3c4cccc5cccc(c7ccc-6c2c37)c54)cc1. The van der Waals surface area contributed by atoms with Gasteiger partial charge in [0.2, 0.25) is 0 Å². The summed E-state index contributed by atoms with van der Waals surface area (Å²) in [6.07, 6.45) is 0. The Balaban J connectivity index is 1.17. The van der Waals surface area contributed by atoms with Crippen LogP contribution in [-0.2, 0) is 0 Å². The molecule has 0 nitrogen and oxygen atoms in total. The fraction of sp³-hybridized carbons (Fsp3) is 0. The molecule has 0 amide bonds. The van der Waals surface area contributed by atoms with Crippen LogP contribution in [0, 0.1) is 0 Å². The molecule has 14 aromatic rings. The third kappa shape index (κ3) is 4.88. The first kappa shape index (κ1) is 35.8. The van der Waals surface area contributed by atoms with E-state index in [0.29, 0.717) is 0 Å². The molecule has 0 saturated carbocycles. The van der Waals surface area contributed by atoms with E-state index < -0.39 is 0 Å². The topological polar surface area (TPSA) is 0 Å². The summed E-state index contributed by atoms with van der Waals surface area (Å²) in [5, 5.41) is 20.8. The molecule has 0 heterocycles. The van der Waals surface area contributed by atoms with E-state index in [9.17, 15) is 0 Å². The van der Waals surface area contributed by atoms with Gasteiger partial charge < -0.3 is 0 Å². The van der Waals surface area contributed by atoms with Gasteiger partial charge in [-0.15, -0.1) is 0 Å². The maximum atomic E-state index is 2.56. The van der Waals surface area contributed by atoms with Gasteiger partial charge in [-0.25, -0.2) is 0 Å². The number of hydrogen-bond donors (Lipinski definition) is 0. The summed E-state index contributed by atoms with van der Waals surface area (Å²) in [6, 6.07) is 86.7. The van der Waals surface area contributed by atoms with Gasteiger partial charge in [0.1, 0.15) is 0 Å². The molecule has 0 unspecified atom stereocenters. The minimum Gasteiger partial charge on any atom is -0.0622 e. The Morgan fingerprint density at radius 2 is 0.561 bits per heavy atom. The van der Waals surface area contributed by atoms with Crippen molar-refractivity contribution >= 4 is 86.2 Å². The van der Waals surface area contributed by atoms with E-state index in [1.807, 2.05) is 0 Å². The molecule has 0 saturated heterocycles. The van der Waals surface area contributed by atoms with Crippen LogP contribution in [0.1, 0.15) is 0 Å². The van der Waals surface area contributed by atoms with Gasteiger partial charge in [0, 0.05) is 0 Å². The number of hydrogen-bond acceptors (Lipinski definition) is 0. The largest absolute Gasteiger partial charge is 0.0622 e. The van der Waals surface area contributed by atoms with Crippen molar-refractivity contribution in [2.45, 2.75) is 0 Å². The molecule has 15 rings (SSSR count). The second kappa shape index (κ2) is 13.5. The Kier molecular flexibility index (Phi) is 7.31. The van der Waals surface area contributed by atoms with Crippen LogP contribution in [0.15, 0.2) is 231 Å². The molecule has 302 valence electrons. The van der Waals surface area contributed by atoms with E-state index in [2.05, 4.69) is 231 Å². The van der Waals surface area contributed by atoms with E-state index in [1.54, 1.807) is 0 Å². The predicted octanol–water partition coefficient (Wildman–Crippen LogP) is 18.7. The van der Waals surface area contributed by atoms with Crippen LogP contribution in [0.2, 0.25) is 0 Å². The highest BCUT2D eigenvalue weighted by atomic mass is 14.3. The Morgan fingerprint density at radius 3 is 1.00 bits per heavy atom. The number of fused-ring (bicyclic) bond motifs is 12. The molecule has 1 aliphatic carbocycles. The van der Waals surface area contributed by atoms with Gasteiger partial charge in [-0.1, -0.05) is 206 Å². The summed E-state index contributed by atoms with van der Waals surface area (Å²) in [5.41, 5.74) is 15.1. The van der Waals surface area contributed by atoms with E-state index in [4.69, 9.17) is 0 Å². The van der Waals surface area contributed by atoms with Crippen LogP contribution in [-0.4, -0.2) is 0 Å². The summed E-state index contributed by atoms with van der Waals surface area (Å²) in [7, 11) is 0. The maximum Gasteiger partial charge on any atom is -0.000741 e. The van der Waals surface area contributed by atoms with Gasteiger partial charge in [0.05, 0.1) is 0 Å². The Hall–Kier alpha value is -8.58. The molecule has 0 spiro atoms. The highest BCUT2D eigenvalue weighted by Crippen LogP contribution is 2.57. The lowest BCUT2D eigenvalue weighted by Crippen LogP contribution is -1.95. The Bertz CT molecular complexity index is 4060. The molecule has 0 radical (unpaired) electrons. The van der Waals surface area contributed by atoms with E-state index >= 15 is 0 Å². The van der Waals surface area contributed by atoms with E-state index in [1.165, 1.54) is 153 Å².